The van der Waals surface area contributed by atoms with E-state index in [0.717, 1.165) is 28.7 Å². The Morgan fingerprint density at radius 1 is 1.39 bits per heavy atom. The highest BCUT2D eigenvalue weighted by molar-refractivity contribution is 7.98. The molecule has 0 aromatic carbocycles. The van der Waals surface area contributed by atoms with Gasteiger partial charge in [-0.15, -0.1) is 11.8 Å². The summed E-state index contributed by atoms with van der Waals surface area (Å²) in [6.45, 7) is 5.04. The zero-order chi connectivity index (χ0) is 13.0. The van der Waals surface area contributed by atoms with Crippen LogP contribution < -0.4 is 5.32 Å². The standard InChI is InChI=1S/C13H19N3OS/c1-10(2)14-6-11-4-5-12(17-11)9-18-13-7-15-16(3)8-13/h4-5,7-8,10,14H,6,9H2,1-3H3. The molecule has 18 heavy (non-hydrogen) atoms. The first-order valence-corrected chi connectivity index (χ1v) is 7.04. The largest absolute Gasteiger partial charge is 0.464 e. The summed E-state index contributed by atoms with van der Waals surface area (Å²) in [7, 11) is 1.92. The maximum absolute atomic E-state index is 5.75. The van der Waals surface area contributed by atoms with Gasteiger partial charge in [0, 0.05) is 24.2 Å². The quantitative estimate of drug-likeness (QED) is 0.816. The number of nitrogens with zero attached hydrogens (tertiary/aromatic N) is 2. The van der Waals surface area contributed by atoms with E-state index in [1.165, 1.54) is 0 Å². The van der Waals surface area contributed by atoms with Crippen molar-refractivity contribution in [2.45, 2.75) is 37.1 Å². The van der Waals surface area contributed by atoms with Gasteiger partial charge in [-0.3, -0.25) is 4.68 Å². The maximum Gasteiger partial charge on any atom is 0.118 e. The minimum Gasteiger partial charge on any atom is -0.464 e. The van der Waals surface area contributed by atoms with E-state index in [0.29, 0.717) is 6.04 Å². The zero-order valence-corrected chi connectivity index (χ0v) is 11.8. The van der Waals surface area contributed by atoms with Crippen LogP contribution in [0.2, 0.25) is 0 Å². The third kappa shape index (κ3) is 3.92. The lowest BCUT2D eigenvalue weighted by Gasteiger charge is -2.04. The molecule has 0 aliphatic rings. The van der Waals surface area contributed by atoms with Gasteiger partial charge >= 0.3 is 0 Å². The monoisotopic (exact) mass is 265 g/mol. The van der Waals surface area contributed by atoms with Crippen LogP contribution in [-0.2, 0) is 19.3 Å². The first-order valence-electron chi connectivity index (χ1n) is 6.06. The van der Waals surface area contributed by atoms with Crippen molar-refractivity contribution in [2.75, 3.05) is 0 Å². The highest BCUT2D eigenvalue weighted by Crippen LogP contribution is 2.23. The molecule has 2 rings (SSSR count). The fourth-order valence-corrected chi connectivity index (χ4v) is 2.34. The lowest BCUT2D eigenvalue weighted by atomic mass is 10.3. The molecule has 2 heterocycles. The predicted octanol–water partition coefficient (Wildman–Crippen LogP) is 2.80. The van der Waals surface area contributed by atoms with Gasteiger partial charge in [-0.1, -0.05) is 13.8 Å². The number of furan rings is 1. The summed E-state index contributed by atoms with van der Waals surface area (Å²) in [4.78, 5) is 1.16. The second-order valence-corrected chi connectivity index (χ2v) is 5.59. The van der Waals surface area contributed by atoms with Gasteiger partial charge in [-0.2, -0.15) is 5.10 Å². The fourth-order valence-electron chi connectivity index (χ4n) is 1.53. The molecule has 0 atom stereocenters. The number of hydrogen-bond donors (Lipinski definition) is 1. The van der Waals surface area contributed by atoms with Crippen LogP contribution in [0.25, 0.3) is 0 Å². The van der Waals surface area contributed by atoms with Gasteiger partial charge in [0.1, 0.15) is 11.5 Å². The minimum absolute atomic E-state index is 0.475. The molecule has 0 saturated carbocycles. The lowest BCUT2D eigenvalue weighted by molar-refractivity contribution is 0.445. The van der Waals surface area contributed by atoms with Crippen LogP contribution >= 0.6 is 11.8 Å². The van der Waals surface area contributed by atoms with Crippen LogP contribution in [0.15, 0.2) is 33.8 Å². The summed E-state index contributed by atoms with van der Waals surface area (Å²) in [6.07, 6.45) is 3.88. The van der Waals surface area contributed by atoms with Crippen molar-refractivity contribution in [2.24, 2.45) is 7.05 Å². The molecular formula is C13H19N3OS. The Bertz CT molecular complexity index is 490. The Morgan fingerprint density at radius 2 is 2.17 bits per heavy atom. The second-order valence-electron chi connectivity index (χ2n) is 4.54. The van der Waals surface area contributed by atoms with Crippen LogP contribution in [0.3, 0.4) is 0 Å². The molecule has 0 bridgehead atoms. The van der Waals surface area contributed by atoms with E-state index in [4.69, 9.17) is 4.42 Å². The summed E-state index contributed by atoms with van der Waals surface area (Å²) in [5.74, 6) is 2.84. The Balaban J connectivity index is 1.83. The molecule has 5 heteroatoms. The summed E-state index contributed by atoms with van der Waals surface area (Å²) in [5, 5.41) is 7.48. The average Bonchev–Trinajstić information content (AvgIpc) is 2.93. The van der Waals surface area contributed by atoms with E-state index in [9.17, 15) is 0 Å². The molecule has 4 nitrogen and oxygen atoms in total. The van der Waals surface area contributed by atoms with Crippen molar-refractivity contribution in [3.8, 4) is 0 Å². The fraction of sp³-hybridized carbons (Fsp3) is 0.462. The first kappa shape index (κ1) is 13.2. The molecule has 1 N–H and O–H groups in total. The van der Waals surface area contributed by atoms with Crippen molar-refractivity contribution >= 4 is 11.8 Å². The summed E-state index contributed by atoms with van der Waals surface area (Å²) in [6, 6.07) is 4.55. The number of nitrogens with one attached hydrogen (secondary N) is 1. The third-order valence-corrected chi connectivity index (χ3v) is 3.44. The number of thioether (sulfide) groups is 1. The van der Waals surface area contributed by atoms with Crippen molar-refractivity contribution < 1.29 is 4.42 Å². The molecule has 2 aromatic heterocycles. The van der Waals surface area contributed by atoms with E-state index in [1.807, 2.05) is 36.3 Å². The van der Waals surface area contributed by atoms with E-state index in [-0.39, 0.29) is 0 Å². The molecule has 0 aliphatic carbocycles. The van der Waals surface area contributed by atoms with Gasteiger partial charge in [-0.25, -0.2) is 0 Å². The minimum atomic E-state index is 0.475. The normalized spacial score (nSPS) is 11.3. The highest BCUT2D eigenvalue weighted by atomic mass is 32.2. The van der Waals surface area contributed by atoms with Crippen LogP contribution in [0.5, 0.6) is 0 Å². The van der Waals surface area contributed by atoms with Gasteiger partial charge in [0.25, 0.3) is 0 Å². The number of aryl methyl sites for hydroxylation is 1. The molecule has 0 radical (unpaired) electrons. The molecular weight excluding hydrogens is 246 g/mol. The molecule has 0 fully saturated rings. The van der Waals surface area contributed by atoms with Crippen molar-refractivity contribution in [3.63, 3.8) is 0 Å². The van der Waals surface area contributed by atoms with Gasteiger partial charge in [0.2, 0.25) is 0 Å². The van der Waals surface area contributed by atoms with Gasteiger partial charge in [0.05, 0.1) is 18.5 Å². The van der Waals surface area contributed by atoms with Crippen molar-refractivity contribution in [1.29, 1.82) is 0 Å². The molecule has 0 spiro atoms. The zero-order valence-electron chi connectivity index (χ0n) is 11.0. The van der Waals surface area contributed by atoms with Crippen LogP contribution in [0, 0.1) is 0 Å². The summed E-state index contributed by atoms with van der Waals surface area (Å²) < 4.78 is 7.56. The van der Waals surface area contributed by atoms with Crippen LogP contribution in [-0.4, -0.2) is 15.8 Å². The van der Waals surface area contributed by atoms with E-state index < -0.39 is 0 Å². The van der Waals surface area contributed by atoms with Gasteiger partial charge < -0.3 is 9.73 Å². The predicted molar refractivity (Wildman–Crippen MR) is 73.5 cm³/mol. The molecule has 0 unspecified atom stereocenters. The molecule has 2 aromatic rings. The van der Waals surface area contributed by atoms with Crippen molar-refractivity contribution in [3.05, 3.63) is 36.0 Å². The Hall–Kier alpha value is -1.20. The molecule has 0 aliphatic heterocycles. The van der Waals surface area contributed by atoms with Crippen molar-refractivity contribution in [1.82, 2.24) is 15.1 Å². The average molecular weight is 265 g/mol. The topological polar surface area (TPSA) is 43.0 Å². The second kappa shape index (κ2) is 6.11. The Labute approximate surface area is 112 Å². The summed E-state index contributed by atoms with van der Waals surface area (Å²) in [5.41, 5.74) is 0. The first-order chi connectivity index (χ1) is 8.63. The third-order valence-electron chi connectivity index (χ3n) is 2.46. The Morgan fingerprint density at radius 3 is 2.83 bits per heavy atom. The van der Waals surface area contributed by atoms with Crippen LogP contribution in [0.4, 0.5) is 0 Å². The van der Waals surface area contributed by atoms with Gasteiger partial charge in [-0.05, 0) is 12.1 Å². The SMILES string of the molecule is CC(C)NCc1ccc(CSc2cnn(C)c2)o1. The smallest absolute Gasteiger partial charge is 0.118 e. The molecule has 0 saturated heterocycles. The lowest BCUT2D eigenvalue weighted by Crippen LogP contribution is -2.21. The summed E-state index contributed by atoms with van der Waals surface area (Å²) >= 11 is 1.73. The van der Waals surface area contributed by atoms with Crippen LogP contribution in [0.1, 0.15) is 25.4 Å². The number of hydrogen-bond acceptors (Lipinski definition) is 4. The number of aromatic nitrogens is 2. The van der Waals surface area contributed by atoms with Gasteiger partial charge in [0.15, 0.2) is 0 Å². The van der Waals surface area contributed by atoms with E-state index >= 15 is 0 Å². The molecule has 98 valence electrons. The maximum atomic E-state index is 5.75. The Kier molecular flexibility index (Phi) is 4.49. The van der Waals surface area contributed by atoms with E-state index in [1.54, 1.807) is 11.8 Å². The van der Waals surface area contributed by atoms with E-state index in [2.05, 4.69) is 24.3 Å². The highest BCUT2D eigenvalue weighted by Gasteiger charge is 2.04. The number of rotatable bonds is 6. The molecule has 0 amide bonds.